The molecule has 41 heavy (non-hydrogen) atoms. The van der Waals surface area contributed by atoms with Crippen LogP contribution in [0.4, 0.5) is 4.39 Å². The molecule has 1 aromatic heterocycles. The number of para-hydroxylation sites is 2. The van der Waals surface area contributed by atoms with E-state index in [0.717, 1.165) is 0 Å². The lowest BCUT2D eigenvalue weighted by Gasteiger charge is -2.28. The molecule has 212 valence electrons. The Labute approximate surface area is 236 Å². The van der Waals surface area contributed by atoms with E-state index in [1.807, 2.05) is 12.1 Å². The fraction of sp³-hybridized carbons (Fsp3) is 0.194. The van der Waals surface area contributed by atoms with Gasteiger partial charge in [-0.25, -0.2) is 14.2 Å². The number of carbonyl (C=O) groups is 2. The molecule has 10 heteroatoms. The largest absolute Gasteiger partial charge is 0.503 e. The zero-order valence-corrected chi connectivity index (χ0v) is 22.6. The molecule has 0 unspecified atom stereocenters. The first-order valence-corrected chi connectivity index (χ1v) is 12.7. The van der Waals surface area contributed by atoms with E-state index in [9.17, 15) is 19.1 Å². The number of aromatic hydroxyl groups is 1. The molecule has 1 heterocycles. The number of nitrogens with one attached hydrogen (secondary N) is 1. The Kier molecular flexibility index (Phi) is 9.36. The van der Waals surface area contributed by atoms with E-state index in [1.165, 1.54) is 44.5 Å². The lowest BCUT2D eigenvalue weighted by Crippen LogP contribution is -2.42. The number of halogens is 1. The molecule has 3 aromatic carbocycles. The van der Waals surface area contributed by atoms with Gasteiger partial charge in [0.1, 0.15) is 35.2 Å². The van der Waals surface area contributed by atoms with Gasteiger partial charge in [0.2, 0.25) is 0 Å². The molecule has 0 aliphatic heterocycles. The predicted octanol–water partition coefficient (Wildman–Crippen LogP) is 5.60. The summed E-state index contributed by atoms with van der Waals surface area (Å²) in [5, 5.41) is 12.7. The number of rotatable bonds is 11. The first kappa shape index (κ1) is 28.9. The van der Waals surface area contributed by atoms with Gasteiger partial charge < -0.3 is 29.4 Å². The quantitative estimate of drug-likeness (QED) is 0.228. The molecule has 0 aliphatic rings. The monoisotopic (exact) mass is 560 g/mol. The minimum absolute atomic E-state index is 0.0581. The number of nitrogens with zero attached hydrogens (tertiary/aromatic N) is 1. The Balaban J connectivity index is 1.56. The van der Waals surface area contributed by atoms with E-state index in [-0.39, 0.29) is 17.2 Å². The minimum Gasteiger partial charge on any atom is -0.503 e. The smallest absolute Gasteiger partial charge is 0.328 e. The van der Waals surface area contributed by atoms with Gasteiger partial charge in [0.05, 0.1) is 7.11 Å². The van der Waals surface area contributed by atoms with Crippen LogP contribution in [0.1, 0.15) is 36.0 Å². The van der Waals surface area contributed by atoms with Crippen LogP contribution in [0, 0.1) is 5.82 Å². The molecule has 2 N–H and O–H groups in total. The Morgan fingerprint density at radius 2 is 1.56 bits per heavy atom. The number of amides is 1. The van der Waals surface area contributed by atoms with E-state index in [2.05, 4.69) is 10.3 Å². The van der Waals surface area contributed by atoms with Crippen LogP contribution in [0.15, 0.2) is 91.1 Å². The number of esters is 1. The summed E-state index contributed by atoms with van der Waals surface area (Å²) in [5.74, 6) is -1.35. The maximum absolute atomic E-state index is 14.3. The maximum atomic E-state index is 14.3. The standard InChI is InChI=1S/C31H29FN2O7/c1-19(34-30(36)27-28(35)25(38-3)16-17-33-27)31(37)39-20(2)29(41-23-12-8-5-9-13-23)24-15-14-21(32)18-26(24)40-22-10-6-4-7-11-22/h4-20,29,35H,1-3H3,(H,34,36)/t19-,20-,29-/m0/s1. The molecular weight excluding hydrogens is 531 g/mol. The van der Waals surface area contributed by atoms with E-state index in [4.69, 9.17) is 18.9 Å². The molecule has 1 amide bonds. The number of methoxy groups -OCH3 is 1. The molecule has 3 atom stereocenters. The van der Waals surface area contributed by atoms with Gasteiger partial charge in [-0.15, -0.1) is 0 Å². The zero-order chi connectivity index (χ0) is 29.4. The Morgan fingerprint density at radius 1 is 0.902 bits per heavy atom. The second-order valence-electron chi connectivity index (χ2n) is 9.00. The van der Waals surface area contributed by atoms with Crippen molar-refractivity contribution in [3.05, 3.63) is 108 Å². The summed E-state index contributed by atoms with van der Waals surface area (Å²) in [6.07, 6.45) is -0.552. The van der Waals surface area contributed by atoms with Crippen LogP contribution in [-0.4, -0.2) is 41.2 Å². The highest BCUT2D eigenvalue weighted by Gasteiger charge is 2.31. The number of benzene rings is 3. The second-order valence-corrected chi connectivity index (χ2v) is 9.00. The van der Waals surface area contributed by atoms with Crippen molar-refractivity contribution < 1.29 is 38.0 Å². The van der Waals surface area contributed by atoms with Crippen LogP contribution in [0.25, 0.3) is 0 Å². The van der Waals surface area contributed by atoms with Gasteiger partial charge in [0.25, 0.3) is 5.91 Å². The normalized spacial score (nSPS) is 12.9. The molecule has 0 fully saturated rings. The SMILES string of the molecule is COc1ccnc(C(=O)N[C@@H](C)C(=O)O[C@@H](C)[C@H](Oc2ccccc2)c2ccc(F)cc2Oc2ccccc2)c1O. The summed E-state index contributed by atoms with van der Waals surface area (Å²) in [6.45, 7) is 3.05. The molecular formula is C31H29FN2O7. The van der Waals surface area contributed by atoms with Crippen molar-refractivity contribution in [2.24, 2.45) is 0 Å². The molecule has 4 rings (SSSR count). The average molecular weight is 561 g/mol. The molecule has 0 spiro atoms. The first-order valence-electron chi connectivity index (χ1n) is 12.7. The molecule has 9 nitrogen and oxygen atoms in total. The molecule has 0 saturated carbocycles. The highest BCUT2D eigenvalue weighted by atomic mass is 19.1. The number of aromatic nitrogens is 1. The third kappa shape index (κ3) is 7.30. The van der Waals surface area contributed by atoms with Crippen LogP contribution < -0.4 is 19.5 Å². The number of ether oxygens (including phenoxy) is 4. The minimum atomic E-state index is -1.12. The topological polar surface area (TPSA) is 116 Å². The van der Waals surface area contributed by atoms with E-state index in [0.29, 0.717) is 17.1 Å². The summed E-state index contributed by atoms with van der Waals surface area (Å²) in [6, 6.07) is 22.0. The zero-order valence-electron chi connectivity index (χ0n) is 22.6. The highest BCUT2D eigenvalue weighted by Crippen LogP contribution is 2.36. The number of pyridine rings is 1. The lowest BCUT2D eigenvalue weighted by atomic mass is 10.0. The third-order valence-corrected chi connectivity index (χ3v) is 6.01. The van der Waals surface area contributed by atoms with Crippen LogP contribution in [0.2, 0.25) is 0 Å². The first-order chi connectivity index (χ1) is 19.8. The van der Waals surface area contributed by atoms with Crippen molar-refractivity contribution in [1.82, 2.24) is 10.3 Å². The molecule has 0 bridgehead atoms. The summed E-state index contributed by atoms with van der Waals surface area (Å²) in [5.41, 5.74) is 0.123. The van der Waals surface area contributed by atoms with Crippen molar-refractivity contribution in [1.29, 1.82) is 0 Å². The Morgan fingerprint density at radius 3 is 2.22 bits per heavy atom. The van der Waals surface area contributed by atoms with Crippen molar-refractivity contribution in [2.75, 3.05) is 7.11 Å². The van der Waals surface area contributed by atoms with E-state index >= 15 is 0 Å². The number of carbonyl (C=O) groups excluding carboxylic acids is 2. The molecule has 0 aliphatic carbocycles. The lowest BCUT2D eigenvalue weighted by molar-refractivity contribution is -0.154. The van der Waals surface area contributed by atoms with Crippen molar-refractivity contribution in [2.45, 2.75) is 32.1 Å². The van der Waals surface area contributed by atoms with Gasteiger partial charge in [-0.3, -0.25) is 4.79 Å². The maximum Gasteiger partial charge on any atom is 0.328 e. The second kappa shape index (κ2) is 13.3. The Bertz CT molecular complexity index is 1480. The molecule has 0 saturated heterocycles. The van der Waals surface area contributed by atoms with Crippen LogP contribution in [0.5, 0.6) is 28.7 Å². The van der Waals surface area contributed by atoms with Gasteiger partial charge >= 0.3 is 5.97 Å². The summed E-state index contributed by atoms with van der Waals surface area (Å²) >= 11 is 0. The Hall–Kier alpha value is -5.12. The summed E-state index contributed by atoms with van der Waals surface area (Å²) < 4.78 is 37.2. The third-order valence-electron chi connectivity index (χ3n) is 6.01. The highest BCUT2D eigenvalue weighted by molar-refractivity contribution is 5.97. The van der Waals surface area contributed by atoms with E-state index in [1.54, 1.807) is 55.5 Å². The van der Waals surface area contributed by atoms with Gasteiger partial charge in [0, 0.05) is 23.9 Å². The number of hydrogen-bond donors (Lipinski definition) is 2. The predicted molar refractivity (Wildman–Crippen MR) is 148 cm³/mol. The molecule has 4 aromatic rings. The van der Waals surface area contributed by atoms with Crippen molar-refractivity contribution in [3.8, 4) is 28.7 Å². The van der Waals surface area contributed by atoms with Crippen LogP contribution in [-0.2, 0) is 9.53 Å². The summed E-state index contributed by atoms with van der Waals surface area (Å²) in [7, 11) is 1.34. The van der Waals surface area contributed by atoms with Gasteiger partial charge in [-0.1, -0.05) is 36.4 Å². The van der Waals surface area contributed by atoms with Crippen molar-refractivity contribution in [3.63, 3.8) is 0 Å². The fourth-order valence-corrected chi connectivity index (χ4v) is 3.94. The van der Waals surface area contributed by atoms with Gasteiger partial charge in [-0.2, -0.15) is 0 Å². The van der Waals surface area contributed by atoms with Crippen LogP contribution >= 0.6 is 0 Å². The van der Waals surface area contributed by atoms with Crippen molar-refractivity contribution >= 4 is 11.9 Å². The van der Waals surface area contributed by atoms with Gasteiger partial charge in [0.15, 0.2) is 23.3 Å². The molecule has 0 radical (unpaired) electrons. The van der Waals surface area contributed by atoms with Crippen LogP contribution in [0.3, 0.4) is 0 Å². The average Bonchev–Trinajstić information content (AvgIpc) is 2.97. The van der Waals surface area contributed by atoms with Gasteiger partial charge in [-0.05, 0) is 50.2 Å². The fourth-order valence-electron chi connectivity index (χ4n) is 3.94. The van der Waals surface area contributed by atoms with E-state index < -0.39 is 41.7 Å². The number of hydrogen-bond acceptors (Lipinski definition) is 8. The summed E-state index contributed by atoms with van der Waals surface area (Å²) in [4.78, 5) is 29.6.